The lowest BCUT2D eigenvalue weighted by molar-refractivity contribution is -0.671. The summed E-state index contributed by atoms with van der Waals surface area (Å²) in [7, 11) is 1.89. The Morgan fingerprint density at radius 2 is 1.60 bits per heavy atom. The molecule has 0 saturated heterocycles. The van der Waals surface area contributed by atoms with E-state index >= 15 is 0 Å². The second kappa shape index (κ2) is 16.9. The van der Waals surface area contributed by atoms with Crippen molar-refractivity contribution in [2.24, 2.45) is 13.0 Å². The van der Waals surface area contributed by atoms with Crippen molar-refractivity contribution in [3.63, 3.8) is 0 Å². The van der Waals surface area contributed by atoms with Crippen molar-refractivity contribution < 1.29 is 38.0 Å². The number of alkyl carbamates (subject to hydrolysis) is 1. The van der Waals surface area contributed by atoms with E-state index in [1.165, 1.54) is 0 Å². The van der Waals surface area contributed by atoms with Gasteiger partial charge in [-0.2, -0.15) is 0 Å². The minimum Gasteiger partial charge on any atom is -0.460 e. The van der Waals surface area contributed by atoms with Gasteiger partial charge in [0.15, 0.2) is 0 Å². The number of carbonyl (C=O) groups is 5. The van der Waals surface area contributed by atoms with Crippen LogP contribution in [0, 0.1) is 5.92 Å². The molecule has 0 spiro atoms. The van der Waals surface area contributed by atoms with E-state index in [1.807, 2.05) is 79.1 Å². The molecule has 13 heteroatoms. The van der Waals surface area contributed by atoms with Gasteiger partial charge in [-0.05, 0) is 38.7 Å². The fraction of sp³-hybridized carbons (Fsp3) is 0.533. The number of nitrogens with zero attached hydrogens (tertiary/aromatic N) is 2. The second-order valence-electron chi connectivity index (χ2n) is 11.6. The number of imidazole rings is 1. The number of ether oxygens (including phenoxy) is 2. The lowest BCUT2D eigenvalue weighted by Crippen LogP contribution is -2.54. The zero-order chi connectivity index (χ0) is 32.0. The summed E-state index contributed by atoms with van der Waals surface area (Å²) < 4.78 is 14.3. The Morgan fingerprint density at radius 1 is 0.930 bits per heavy atom. The number of aryl methyl sites for hydroxylation is 1. The number of hydrogen-bond acceptors (Lipinski definition) is 7. The number of carbonyl (C=O) groups excluding carboxylic acids is 5. The average Bonchev–Trinajstić information content (AvgIpc) is 3.34. The maximum Gasteiger partial charge on any atom is 0.408 e. The Labute approximate surface area is 252 Å². The molecule has 0 fully saturated rings. The number of hydrogen-bond donors (Lipinski definition) is 4. The number of aromatic nitrogens is 2. The predicted molar refractivity (Wildman–Crippen MR) is 157 cm³/mol. The van der Waals surface area contributed by atoms with E-state index in [4.69, 9.17) is 9.47 Å². The molecule has 1 aromatic heterocycles. The first-order valence-corrected chi connectivity index (χ1v) is 14.3. The van der Waals surface area contributed by atoms with Crippen molar-refractivity contribution in [1.82, 2.24) is 25.8 Å². The van der Waals surface area contributed by atoms with Gasteiger partial charge < -0.3 is 30.7 Å². The Morgan fingerprint density at radius 3 is 2.21 bits per heavy atom. The van der Waals surface area contributed by atoms with Crippen LogP contribution in [0.4, 0.5) is 4.79 Å². The first kappa shape index (κ1) is 34.8. The fourth-order valence-corrected chi connectivity index (χ4v) is 3.96. The molecule has 0 saturated carbocycles. The van der Waals surface area contributed by atoms with Gasteiger partial charge in [-0.3, -0.25) is 14.4 Å². The van der Waals surface area contributed by atoms with Crippen LogP contribution in [0.1, 0.15) is 46.6 Å². The van der Waals surface area contributed by atoms with Gasteiger partial charge in [0.2, 0.25) is 24.0 Å². The van der Waals surface area contributed by atoms with Gasteiger partial charge in [-0.1, -0.05) is 44.2 Å². The first-order chi connectivity index (χ1) is 20.2. The summed E-state index contributed by atoms with van der Waals surface area (Å²) >= 11 is 0. The van der Waals surface area contributed by atoms with Crippen LogP contribution in [0.15, 0.2) is 49.1 Å². The smallest absolute Gasteiger partial charge is 0.408 e. The van der Waals surface area contributed by atoms with E-state index in [-0.39, 0.29) is 18.9 Å². The van der Waals surface area contributed by atoms with Crippen molar-refractivity contribution >= 4 is 29.8 Å². The Hall–Kier alpha value is -4.42. The molecule has 4 amide bonds. The Kier molecular flexibility index (Phi) is 13.7. The molecule has 0 aliphatic heterocycles. The van der Waals surface area contributed by atoms with Crippen LogP contribution in [-0.4, -0.2) is 71.7 Å². The molecule has 1 heterocycles. The zero-order valence-electron chi connectivity index (χ0n) is 25.8. The highest BCUT2D eigenvalue weighted by Gasteiger charge is 2.29. The summed E-state index contributed by atoms with van der Waals surface area (Å²) in [6.45, 7) is 8.70. The van der Waals surface area contributed by atoms with Crippen molar-refractivity contribution in [3.8, 4) is 0 Å². The van der Waals surface area contributed by atoms with Crippen LogP contribution in [0.25, 0.3) is 0 Å². The van der Waals surface area contributed by atoms with Gasteiger partial charge >= 0.3 is 12.1 Å². The highest BCUT2D eigenvalue weighted by molar-refractivity contribution is 5.92. The quantitative estimate of drug-likeness (QED) is 0.173. The summed E-state index contributed by atoms with van der Waals surface area (Å²) in [6, 6.07) is 7.15. The monoisotopic (exact) mass is 601 g/mol. The SMILES string of the molecule is CC(C)C[C@H](NC(=O)[C@H](Cc1ccccc1)NC(=O)CNC(=O)CNC(=O)OC(C)(C)C)C(=O)OCCn1cc[n+](C)c1. The lowest BCUT2D eigenvalue weighted by Gasteiger charge is -2.24. The molecule has 0 radical (unpaired) electrons. The molecule has 0 bridgehead atoms. The molecule has 2 atom stereocenters. The maximum atomic E-state index is 13.4. The topological polar surface area (TPSA) is 161 Å². The van der Waals surface area contributed by atoms with Crippen LogP contribution in [-0.2, 0) is 48.7 Å². The summed E-state index contributed by atoms with van der Waals surface area (Å²) in [5, 5.41) is 10.1. The summed E-state index contributed by atoms with van der Waals surface area (Å²) in [6.07, 6.45) is 5.32. The van der Waals surface area contributed by atoms with Gasteiger partial charge in [0, 0.05) is 6.42 Å². The highest BCUT2D eigenvalue weighted by atomic mass is 16.6. The number of nitrogens with one attached hydrogen (secondary N) is 4. The van der Waals surface area contributed by atoms with Crippen molar-refractivity contribution in [3.05, 3.63) is 54.6 Å². The summed E-state index contributed by atoms with van der Waals surface area (Å²) in [5.41, 5.74) is 0.0670. The molecule has 2 rings (SSSR count). The Bertz CT molecular complexity index is 1220. The van der Waals surface area contributed by atoms with Gasteiger partial charge in [-0.15, -0.1) is 0 Å². The molecule has 0 aliphatic carbocycles. The molecule has 1 aromatic carbocycles. The van der Waals surface area contributed by atoms with Crippen molar-refractivity contribution in [1.29, 1.82) is 0 Å². The third kappa shape index (κ3) is 14.3. The molecule has 0 unspecified atom stereocenters. The molecule has 13 nitrogen and oxygen atoms in total. The van der Waals surface area contributed by atoms with Gasteiger partial charge in [0.25, 0.3) is 0 Å². The third-order valence-corrected chi connectivity index (χ3v) is 5.90. The largest absolute Gasteiger partial charge is 0.460 e. The minimum atomic E-state index is -1.03. The van der Waals surface area contributed by atoms with Gasteiger partial charge in [0.1, 0.15) is 49.8 Å². The molecule has 236 valence electrons. The number of esters is 1. The number of rotatable bonds is 15. The van der Waals surface area contributed by atoms with E-state index in [0.717, 1.165) is 5.56 Å². The molecular weight excluding hydrogens is 556 g/mol. The van der Waals surface area contributed by atoms with Crippen LogP contribution in [0.2, 0.25) is 0 Å². The molecular formula is C30H45N6O7+. The van der Waals surface area contributed by atoms with E-state index in [2.05, 4.69) is 21.3 Å². The van der Waals surface area contributed by atoms with E-state index < -0.39 is 60.6 Å². The normalized spacial score (nSPS) is 12.5. The van der Waals surface area contributed by atoms with E-state index in [9.17, 15) is 24.0 Å². The standard InChI is InChI=1S/C30H44N6O7/c1-21(2)16-24(28(40)42-15-14-36-13-12-35(6)20-36)34-27(39)23(17-22-10-8-7-9-11-22)33-26(38)19-31-25(37)18-32-29(41)43-30(3,4)5/h7-13,20-21,23-24H,14-19H2,1-6H3,(H3-,31,32,33,34,37,38,39,41)/p+1/t23-,24-/m0/s1. The molecule has 0 aliphatic rings. The molecule has 2 aromatic rings. The van der Waals surface area contributed by atoms with Crippen LogP contribution in [0.5, 0.6) is 0 Å². The van der Waals surface area contributed by atoms with Crippen molar-refractivity contribution in [2.75, 3.05) is 19.7 Å². The molecule has 43 heavy (non-hydrogen) atoms. The maximum absolute atomic E-state index is 13.4. The lowest BCUT2D eigenvalue weighted by atomic mass is 10.0. The fourth-order valence-electron chi connectivity index (χ4n) is 3.96. The third-order valence-electron chi connectivity index (χ3n) is 5.90. The Balaban J connectivity index is 1.99. The average molecular weight is 602 g/mol. The number of benzene rings is 1. The van der Waals surface area contributed by atoms with Gasteiger partial charge in [0.05, 0.1) is 13.6 Å². The predicted octanol–water partition coefficient (Wildman–Crippen LogP) is 0.755. The van der Waals surface area contributed by atoms with Crippen LogP contribution in [0.3, 0.4) is 0 Å². The van der Waals surface area contributed by atoms with Crippen LogP contribution < -0.4 is 25.8 Å². The first-order valence-electron chi connectivity index (χ1n) is 14.3. The summed E-state index contributed by atoms with van der Waals surface area (Å²) in [4.78, 5) is 63.0. The van der Waals surface area contributed by atoms with E-state index in [0.29, 0.717) is 13.0 Å². The van der Waals surface area contributed by atoms with Crippen molar-refractivity contribution in [2.45, 2.75) is 71.7 Å². The molecule has 4 N–H and O–H groups in total. The second-order valence-corrected chi connectivity index (χ2v) is 11.6. The van der Waals surface area contributed by atoms with E-state index in [1.54, 1.807) is 20.8 Å². The zero-order valence-corrected chi connectivity index (χ0v) is 25.8. The highest BCUT2D eigenvalue weighted by Crippen LogP contribution is 2.09. The number of amides is 4. The van der Waals surface area contributed by atoms with Gasteiger partial charge in [-0.25, -0.2) is 18.7 Å². The minimum absolute atomic E-state index is 0.0769. The van der Waals surface area contributed by atoms with Crippen LogP contribution >= 0.6 is 0 Å². The summed E-state index contributed by atoms with van der Waals surface area (Å²) in [5.74, 6) is -2.28.